The van der Waals surface area contributed by atoms with Crippen molar-refractivity contribution in [3.63, 3.8) is 0 Å². The molecular formula is C45H34IrN2O2-2. The molecule has 1 saturated carbocycles. The molecule has 4 aromatic heterocycles. The zero-order valence-corrected chi connectivity index (χ0v) is 29.3. The van der Waals surface area contributed by atoms with Gasteiger partial charge in [-0.05, 0) is 72.9 Å². The Hall–Kier alpha value is -5.09. The van der Waals surface area contributed by atoms with Crippen LogP contribution in [0.15, 0.2) is 124 Å². The first-order chi connectivity index (χ1) is 26.5. The monoisotopic (exact) mass is 833 g/mol. The van der Waals surface area contributed by atoms with Crippen molar-refractivity contribution >= 4 is 54.6 Å². The third-order valence-corrected chi connectivity index (χ3v) is 9.65. The normalized spacial score (nSPS) is 15.5. The number of hydrogen-bond acceptors (Lipinski definition) is 4. The van der Waals surface area contributed by atoms with Gasteiger partial charge in [-0.3, -0.25) is 0 Å². The Labute approximate surface area is 313 Å². The Morgan fingerprint density at radius 3 is 2.10 bits per heavy atom. The van der Waals surface area contributed by atoms with E-state index in [1.165, 1.54) is 55.6 Å². The zero-order chi connectivity index (χ0) is 37.9. The maximum Gasteiger partial charge on any atom is 0.143 e. The van der Waals surface area contributed by atoms with Crippen LogP contribution in [-0.4, -0.2) is 9.97 Å². The predicted octanol–water partition coefficient (Wildman–Crippen LogP) is 12.3. The van der Waals surface area contributed by atoms with Gasteiger partial charge in [0.2, 0.25) is 0 Å². The second kappa shape index (κ2) is 13.3. The molecule has 50 heavy (non-hydrogen) atoms. The van der Waals surface area contributed by atoms with E-state index in [-0.39, 0.29) is 31.2 Å². The third kappa shape index (κ3) is 5.71. The Morgan fingerprint density at radius 2 is 1.38 bits per heavy atom. The van der Waals surface area contributed by atoms with Crippen LogP contribution in [0.1, 0.15) is 56.5 Å². The summed E-state index contributed by atoms with van der Waals surface area (Å²) in [4.78, 5) is 8.80. The van der Waals surface area contributed by atoms with Crippen LogP contribution in [0.2, 0.25) is 0 Å². The van der Waals surface area contributed by atoms with Crippen LogP contribution >= 0.6 is 0 Å². The second-order valence-electron chi connectivity index (χ2n) is 12.7. The number of aromatic nitrogens is 2. The maximum atomic E-state index is 7.28. The number of aryl methyl sites for hydroxylation is 2. The SMILES string of the molecule is [2H]C([2H])([2H])c1c[c-]c(-c2ccc(C([2H])([2H])[2H])cn2)cc1.[Ir].[c-]1ccc2c(oc3c2ccc2c3ccc3c4ccccc4oc32)c1-c1cc(C2CCCC2)ccn1. The number of fused-ring (bicyclic) bond motifs is 9. The molecule has 5 heteroatoms. The van der Waals surface area contributed by atoms with E-state index in [0.29, 0.717) is 17.2 Å². The average molecular weight is 833 g/mol. The van der Waals surface area contributed by atoms with Gasteiger partial charge in [0.25, 0.3) is 0 Å². The number of rotatable bonds is 3. The van der Waals surface area contributed by atoms with Crippen molar-refractivity contribution in [2.24, 2.45) is 0 Å². The number of pyridine rings is 2. The van der Waals surface area contributed by atoms with Crippen LogP contribution < -0.4 is 0 Å². The predicted molar refractivity (Wildman–Crippen MR) is 200 cm³/mol. The number of nitrogens with zero attached hydrogens (tertiary/aromatic N) is 2. The molecule has 0 amide bonds. The first-order valence-corrected chi connectivity index (χ1v) is 16.6. The van der Waals surface area contributed by atoms with Gasteiger partial charge in [-0.25, -0.2) is 0 Å². The summed E-state index contributed by atoms with van der Waals surface area (Å²) >= 11 is 0. The van der Waals surface area contributed by atoms with E-state index in [2.05, 4.69) is 71.7 Å². The van der Waals surface area contributed by atoms with Crippen LogP contribution in [0.5, 0.6) is 0 Å². The Bertz CT molecular complexity index is 2800. The van der Waals surface area contributed by atoms with Crippen molar-refractivity contribution in [3.8, 4) is 22.5 Å². The molecule has 4 heterocycles. The summed E-state index contributed by atoms with van der Waals surface area (Å²) in [5, 5.41) is 6.59. The van der Waals surface area contributed by atoms with Crippen LogP contribution in [0.3, 0.4) is 0 Å². The van der Waals surface area contributed by atoms with Crippen LogP contribution in [0.4, 0.5) is 0 Å². The largest absolute Gasteiger partial charge is 0.500 e. The minimum absolute atomic E-state index is 0. The fraction of sp³-hybridized carbons (Fsp3) is 0.156. The van der Waals surface area contributed by atoms with Crippen LogP contribution in [0, 0.1) is 25.8 Å². The fourth-order valence-electron chi connectivity index (χ4n) is 7.21. The minimum atomic E-state index is -2.18. The second-order valence-corrected chi connectivity index (χ2v) is 12.7. The maximum absolute atomic E-state index is 7.28. The van der Waals surface area contributed by atoms with E-state index in [4.69, 9.17) is 22.0 Å². The van der Waals surface area contributed by atoms with E-state index in [1.54, 1.807) is 12.1 Å². The molecule has 1 fully saturated rings. The van der Waals surface area contributed by atoms with E-state index < -0.39 is 13.7 Å². The molecule has 1 aliphatic carbocycles. The van der Waals surface area contributed by atoms with Gasteiger partial charge < -0.3 is 18.8 Å². The molecule has 0 spiro atoms. The molecule has 4 nitrogen and oxygen atoms in total. The molecule has 1 radical (unpaired) electrons. The number of furan rings is 2. The molecule has 0 N–H and O–H groups in total. The van der Waals surface area contributed by atoms with Crippen molar-refractivity contribution in [2.75, 3.05) is 0 Å². The summed E-state index contributed by atoms with van der Waals surface area (Å²) in [6.07, 6.45) is 8.41. The third-order valence-electron chi connectivity index (χ3n) is 9.65. The van der Waals surface area contributed by atoms with E-state index in [9.17, 15) is 0 Å². The van der Waals surface area contributed by atoms with Crippen molar-refractivity contribution in [1.29, 1.82) is 0 Å². The molecule has 247 valence electrons. The van der Waals surface area contributed by atoms with Crippen molar-refractivity contribution < 1.29 is 37.2 Å². The summed E-state index contributed by atoms with van der Waals surface area (Å²) in [6, 6.07) is 39.2. The molecule has 9 aromatic rings. The van der Waals surface area contributed by atoms with Crippen LogP contribution in [0.25, 0.3) is 77.2 Å². The topological polar surface area (TPSA) is 52.1 Å². The van der Waals surface area contributed by atoms with Crippen LogP contribution in [-0.2, 0) is 20.1 Å². The average Bonchev–Trinajstić information content (AvgIpc) is 3.96. The minimum Gasteiger partial charge on any atom is -0.500 e. The van der Waals surface area contributed by atoms with Gasteiger partial charge in [0.05, 0.1) is 5.58 Å². The number of hydrogen-bond donors (Lipinski definition) is 0. The molecule has 0 unspecified atom stereocenters. The van der Waals surface area contributed by atoms with Gasteiger partial charge in [-0.1, -0.05) is 78.7 Å². The quantitative estimate of drug-likeness (QED) is 0.166. The van der Waals surface area contributed by atoms with E-state index >= 15 is 0 Å². The Kier molecular flexibility index (Phi) is 6.88. The molecule has 1 aliphatic rings. The standard InChI is InChI=1S/C32H22NO2.C13H12N.Ir/c1-2-7-19(6-1)20-16-17-33-28(18-20)27-10-5-9-22-24-14-15-25-26(31(24)35-32(22)27)13-12-23-21-8-3-4-11-29(21)34-30(23)25;1-10-3-6-12(7-4-10)13-8-5-11(2)9-14-13;/h3-5,8-9,11-19H,1-2,6-7H2;3-6,8-9H,1-2H3;/q2*-1;/i;1D3,2D3;. The summed E-state index contributed by atoms with van der Waals surface area (Å²) in [5.41, 5.74) is 8.33. The molecule has 0 aliphatic heterocycles. The summed E-state index contributed by atoms with van der Waals surface area (Å²) in [5.74, 6) is 0.641. The first kappa shape index (κ1) is 25.8. The summed E-state index contributed by atoms with van der Waals surface area (Å²) in [7, 11) is 0. The van der Waals surface area contributed by atoms with Gasteiger partial charge in [-0.15, -0.1) is 53.6 Å². The van der Waals surface area contributed by atoms with Crippen molar-refractivity contribution in [2.45, 2.75) is 45.3 Å². The van der Waals surface area contributed by atoms with Gasteiger partial charge in [0.15, 0.2) is 0 Å². The van der Waals surface area contributed by atoms with Gasteiger partial charge >= 0.3 is 0 Å². The van der Waals surface area contributed by atoms with Gasteiger partial charge in [-0.2, -0.15) is 0 Å². The Morgan fingerprint density at radius 1 is 0.660 bits per heavy atom. The summed E-state index contributed by atoms with van der Waals surface area (Å²) < 4.78 is 56.6. The Balaban J connectivity index is 0.000000181. The molecular weight excluding hydrogens is 793 g/mol. The van der Waals surface area contributed by atoms with Crippen molar-refractivity contribution in [1.82, 2.24) is 9.97 Å². The van der Waals surface area contributed by atoms with Gasteiger partial charge in [0.1, 0.15) is 16.7 Å². The summed E-state index contributed by atoms with van der Waals surface area (Å²) in [6.45, 7) is -4.34. The molecule has 0 bridgehead atoms. The van der Waals surface area contributed by atoms with Crippen molar-refractivity contribution in [3.05, 3.63) is 144 Å². The fourth-order valence-corrected chi connectivity index (χ4v) is 7.21. The first-order valence-electron chi connectivity index (χ1n) is 19.6. The zero-order valence-electron chi connectivity index (χ0n) is 32.9. The molecule has 5 aromatic carbocycles. The molecule has 10 rings (SSSR count). The van der Waals surface area contributed by atoms with Gasteiger partial charge in [0, 0.05) is 67.7 Å². The van der Waals surface area contributed by atoms with E-state index in [1.807, 2.05) is 24.4 Å². The number of para-hydroxylation sites is 1. The smallest absolute Gasteiger partial charge is 0.143 e. The molecule has 0 saturated heterocycles. The number of benzene rings is 5. The molecule has 0 atom stereocenters. The van der Waals surface area contributed by atoms with E-state index in [0.717, 1.165) is 65.9 Å².